The summed E-state index contributed by atoms with van der Waals surface area (Å²) < 4.78 is 48.0. The molecule has 1 aliphatic carbocycles. The molecule has 1 aromatic carbocycles. The van der Waals surface area contributed by atoms with E-state index in [1.165, 1.54) is 24.1 Å². The number of aromatic nitrogens is 1. The second-order valence-electron chi connectivity index (χ2n) is 11.1. The van der Waals surface area contributed by atoms with Crippen molar-refractivity contribution in [2.45, 2.75) is 56.4 Å². The van der Waals surface area contributed by atoms with Crippen LogP contribution in [0, 0.1) is 5.92 Å². The van der Waals surface area contributed by atoms with Gasteiger partial charge in [0.25, 0.3) is 17.4 Å². The Morgan fingerprint density at radius 1 is 1.10 bits per heavy atom. The molecule has 1 saturated carbocycles. The van der Waals surface area contributed by atoms with Crippen LogP contribution in [0.2, 0.25) is 5.15 Å². The van der Waals surface area contributed by atoms with E-state index in [9.17, 15) is 27.9 Å². The van der Waals surface area contributed by atoms with Crippen LogP contribution in [0.1, 0.15) is 54.4 Å². The third kappa shape index (κ3) is 7.06. The number of pyridine rings is 1. The highest BCUT2D eigenvalue weighted by Crippen LogP contribution is 2.42. The Hall–Kier alpha value is -3.05. The topological polar surface area (TPSA) is 86.2 Å². The van der Waals surface area contributed by atoms with Crippen molar-refractivity contribution in [2.75, 3.05) is 45.7 Å². The van der Waals surface area contributed by atoms with E-state index in [0.717, 1.165) is 62.2 Å². The molecule has 4 rings (SSSR count). The lowest BCUT2D eigenvalue weighted by Crippen LogP contribution is -2.55. The van der Waals surface area contributed by atoms with Gasteiger partial charge in [0.05, 0.1) is 11.7 Å². The molecule has 0 spiro atoms. The highest BCUT2D eigenvalue weighted by molar-refractivity contribution is 6.32. The maximum absolute atomic E-state index is 14.1. The average molecular weight is 597 g/mol. The molecule has 0 unspecified atom stereocenters. The standard InChI is InChI=1S/C29H36ClF3N4O4/c1-35(2)26(38)23-11-12-24(34-25(23)30)37-16-13-19(14-17-37)6-5-15-36(3)27(39)28(40,29(31,32)33)20-7-4-8-22(18-20)41-21-9-10-21/h4,7-8,11-12,18-19,21,40H,5-6,9-10,13-17H2,1-3H3/t28-/m1/s1. The Bertz CT molecular complexity index is 1250. The van der Waals surface area contributed by atoms with Crippen LogP contribution >= 0.6 is 11.6 Å². The van der Waals surface area contributed by atoms with Gasteiger partial charge in [-0.1, -0.05) is 23.7 Å². The van der Waals surface area contributed by atoms with Crippen molar-refractivity contribution in [2.24, 2.45) is 5.92 Å². The molecular formula is C29H36ClF3N4O4. The van der Waals surface area contributed by atoms with Crippen LogP contribution in [0.15, 0.2) is 36.4 Å². The number of amides is 2. The first kappa shape index (κ1) is 30.9. The number of nitrogens with zero attached hydrogens (tertiary/aromatic N) is 4. The summed E-state index contributed by atoms with van der Waals surface area (Å²) in [6.45, 7) is 1.52. The Balaban J connectivity index is 1.30. The van der Waals surface area contributed by atoms with Gasteiger partial charge in [0, 0.05) is 46.3 Å². The molecular weight excluding hydrogens is 561 g/mol. The van der Waals surface area contributed by atoms with Gasteiger partial charge < -0.3 is 24.5 Å². The monoisotopic (exact) mass is 596 g/mol. The largest absolute Gasteiger partial charge is 0.490 e. The van der Waals surface area contributed by atoms with E-state index in [1.54, 1.807) is 26.2 Å². The second-order valence-corrected chi connectivity index (χ2v) is 11.4. The molecule has 2 amide bonds. The van der Waals surface area contributed by atoms with Gasteiger partial charge >= 0.3 is 6.18 Å². The fourth-order valence-corrected chi connectivity index (χ4v) is 5.26. The first-order valence-electron chi connectivity index (χ1n) is 13.8. The highest BCUT2D eigenvalue weighted by Gasteiger charge is 2.61. The average Bonchev–Trinajstić information content (AvgIpc) is 3.75. The van der Waals surface area contributed by atoms with E-state index in [2.05, 4.69) is 9.88 Å². The number of alkyl halides is 3. The minimum atomic E-state index is -5.21. The molecule has 0 radical (unpaired) electrons. The number of piperidine rings is 1. The normalized spacial score (nSPS) is 17.6. The highest BCUT2D eigenvalue weighted by atomic mass is 35.5. The second kappa shape index (κ2) is 12.4. The molecule has 1 aliphatic heterocycles. The van der Waals surface area contributed by atoms with Crippen LogP contribution in [0.3, 0.4) is 0 Å². The summed E-state index contributed by atoms with van der Waals surface area (Å²) in [6, 6.07) is 8.52. The van der Waals surface area contributed by atoms with Crippen molar-refractivity contribution < 1.29 is 32.6 Å². The van der Waals surface area contributed by atoms with Gasteiger partial charge in [-0.05, 0) is 68.7 Å². The summed E-state index contributed by atoms with van der Waals surface area (Å²) in [5.74, 6) is -0.418. The number of halogens is 4. The molecule has 1 saturated heterocycles. The van der Waals surface area contributed by atoms with Gasteiger partial charge in [-0.3, -0.25) is 9.59 Å². The zero-order valence-corrected chi connectivity index (χ0v) is 24.2. The maximum atomic E-state index is 14.1. The van der Waals surface area contributed by atoms with E-state index >= 15 is 0 Å². The summed E-state index contributed by atoms with van der Waals surface area (Å²) in [5, 5.41) is 10.9. The summed E-state index contributed by atoms with van der Waals surface area (Å²) in [5.41, 5.74) is -3.89. The number of rotatable bonds is 10. The molecule has 0 bridgehead atoms. The van der Waals surface area contributed by atoms with E-state index < -0.39 is 23.2 Å². The SMILES string of the molecule is CN(C)C(=O)c1ccc(N2CCC(CCCN(C)C(=O)[C@](O)(c3cccc(OC4CC4)c3)C(F)(F)F)CC2)nc1Cl. The predicted molar refractivity (Wildman–Crippen MR) is 149 cm³/mol. The molecule has 41 heavy (non-hydrogen) atoms. The Labute approximate surface area is 243 Å². The minimum Gasteiger partial charge on any atom is -0.490 e. The lowest BCUT2D eigenvalue weighted by molar-refractivity contribution is -0.261. The van der Waals surface area contributed by atoms with Crippen molar-refractivity contribution in [1.82, 2.24) is 14.8 Å². The molecule has 2 aromatic rings. The fraction of sp³-hybridized carbons (Fsp3) is 0.552. The van der Waals surface area contributed by atoms with Gasteiger partial charge in [-0.2, -0.15) is 13.2 Å². The lowest BCUT2D eigenvalue weighted by atomic mass is 9.90. The van der Waals surface area contributed by atoms with E-state index in [4.69, 9.17) is 16.3 Å². The molecule has 1 aromatic heterocycles. The third-order valence-corrected chi connectivity index (χ3v) is 7.95. The van der Waals surface area contributed by atoms with Gasteiger partial charge in [-0.25, -0.2) is 4.98 Å². The Morgan fingerprint density at radius 3 is 2.37 bits per heavy atom. The molecule has 2 aliphatic rings. The zero-order valence-electron chi connectivity index (χ0n) is 23.5. The van der Waals surface area contributed by atoms with Crippen LogP contribution in [0.25, 0.3) is 0 Å². The molecule has 1 N–H and O–H groups in total. The fourth-order valence-electron chi connectivity index (χ4n) is 5.03. The Morgan fingerprint density at radius 2 is 1.78 bits per heavy atom. The van der Waals surface area contributed by atoms with E-state index in [-0.39, 0.29) is 29.5 Å². The van der Waals surface area contributed by atoms with Crippen LogP contribution in [0.4, 0.5) is 19.0 Å². The lowest BCUT2D eigenvalue weighted by Gasteiger charge is -2.34. The van der Waals surface area contributed by atoms with Crippen molar-refractivity contribution in [3.63, 3.8) is 0 Å². The van der Waals surface area contributed by atoms with Crippen LogP contribution < -0.4 is 9.64 Å². The number of anilines is 1. The Kier molecular flexibility index (Phi) is 9.38. The summed E-state index contributed by atoms with van der Waals surface area (Å²) in [4.78, 5) is 34.1. The number of ether oxygens (including phenoxy) is 1. The van der Waals surface area contributed by atoms with Crippen LogP contribution in [0.5, 0.6) is 5.75 Å². The first-order valence-corrected chi connectivity index (χ1v) is 14.1. The first-order chi connectivity index (χ1) is 19.3. The van der Waals surface area contributed by atoms with Crippen molar-refractivity contribution in [1.29, 1.82) is 0 Å². The summed E-state index contributed by atoms with van der Waals surface area (Å²) >= 11 is 6.26. The van der Waals surface area contributed by atoms with Crippen LogP contribution in [-0.4, -0.2) is 84.8 Å². The van der Waals surface area contributed by atoms with Crippen molar-refractivity contribution >= 4 is 29.2 Å². The number of hydrogen-bond donors (Lipinski definition) is 1. The zero-order chi connectivity index (χ0) is 29.9. The van der Waals surface area contributed by atoms with Gasteiger partial charge in [0.1, 0.15) is 16.7 Å². The van der Waals surface area contributed by atoms with Gasteiger partial charge in [0.2, 0.25) is 0 Å². The van der Waals surface area contributed by atoms with Gasteiger partial charge in [0.15, 0.2) is 0 Å². The number of carbonyl (C=O) groups excluding carboxylic acids is 2. The number of aliphatic hydroxyl groups is 1. The van der Waals surface area contributed by atoms with E-state index in [1.807, 2.05) is 0 Å². The van der Waals surface area contributed by atoms with Gasteiger partial charge in [-0.15, -0.1) is 0 Å². The number of hydrogen-bond acceptors (Lipinski definition) is 6. The quantitative estimate of drug-likeness (QED) is 0.394. The summed E-state index contributed by atoms with van der Waals surface area (Å²) in [6.07, 6.45) is -0.688. The molecule has 8 nitrogen and oxygen atoms in total. The third-order valence-electron chi connectivity index (χ3n) is 7.66. The maximum Gasteiger partial charge on any atom is 0.430 e. The molecule has 224 valence electrons. The number of benzene rings is 1. The number of likely N-dealkylation sites (N-methyl/N-ethyl adjacent to an activating group) is 1. The molecule has 1 atom stereocenters. The predicted octanol–water partition coefficient (Wildman–Crippen LogP) is 4.88. The number of carbonyl (C=O) groups is 2. The molecule has 12 heteroatoms. The van der Waals surface area contributed by atoms with Crippen molar-refractivity contribution in [3.8, 4) is 5.75 Å². The summed E-state index contributed by atoms with van der Waals surface area (Å²) in [7, 11) is 4.57. The van der Waals surface area contributed by atoms with E-state index in [0.29, 0.717) is 23.7 Å². The molecule has 2 heterocycles. The smallest absolute Gasteiger partial charge is 0.430 e. The molecule has 2 fully saturated rings. The van der Waals surface area contributed by atoms with Crippen molar-refractivity contribution in [3.05, 3.63) is 52.7 Å². The van der Waals surface area contributed by atoms with Crippen LogP contribution in [-0.2, 0) is 10.4 Å². The minimum absolute atomic E-state index is 0.0390.